The van der Waals surface area contributed by atoms with Gasteiger partial charge in [-0.2, -0.15) is 5.01 Å². The van der Waals surface area contributed by atoms with E-state index in [9.17, 15) is 8.78 Å². The zero-order valence-electron chi connectivity index (χ0n) is 17.4. The van der Waals surface area contributed by atoms with Gasteiger partial charge in [0.15, 0.2) is 5.69 Å². The van der Waals surface area contributed by atoms with Crippen LogP contribution in [-0.4, -0.2) is 24.6 Å². The summed E-state index contributed by atoms with van der Waals surface area (Å²) in [5.74, 6) is -0.906. The highest BCUT2D eigenvalue weighted by molar-refractivity contribution is 8.08. The van der Waals surface area contributed by atoms with Crippen LogP contribution in [0.25, 0.3) is 4.91 Å². The second-order valence-corrected chi connectivity index (χ2v) is 10.0. The molecule has 9 heteroatoms. The third-order valence-corrected chi connectivity index (χ3v) is 8.12. The van der Waals surface area contributed by atoms with Crippen molar-refractivity contribution in [3.63, 3.8) is 0 Å². The van der Waals surface area contributed by atoms with Crippen LogP contribution in [0, 0.1) is 11.6 Å². The number of nitrogens with zero attached hydrogens (tertiary/aromatic N) is 3. The Morgan fingerprint density at radius 3 is 2.78 bits per heavy atom. The molecule has 2 aliphatic rings. The van der Waals surface area contributed by atoms with Crippen LogP contribution >= 0.6 is 23.3 Å². The molecule has 32 heavy (non-hydrogen) atoms. The van der Waals surface area contributed by atoms with E-state index in [2.05, 4.69) is 22.5 Å². The molecule has 0 spiro atoms. The van der Waals surface area contributed by atoms with E-state index in [-0.39, 0.29) is 5.56 Å². The summed E-state index contributed by atoms with van der Waals surface area (Å²) in [5.41, 5.74) is 8.30. The molecule has 3 aromatic rings. The molecule has 3 heterocycles. The van der Waals surface area contributed by atoms with Crippen LogP contribution in [0.2, 0.25) is 0 Å². The van der Waals surface area contributed by atoms with Gasteiger partial charge in [0.25, 0.3) is 0 Å². The predicted molar refractivity (Wildman–Crippen MR) is 129 cm³/mol. The van der Waals surface area contributed by atoms with E-state index in [0.717, 1.165) is 48.5 Å². The van der Waals surface area contributed by atoms with Crippen molar-refractivity contribution in [1.82, 2.24) is 14.3 Å². The highest BCUT2D eigenvalue weighted by Gasteiger charge is 2.48. The quantitative estimate of drug-likeness (QED) is 0.399. The minimum atomic E-state index is -0.461. The van der Waals surface area contributed by atoms with Crippen molar-refractivity contribution in [2.75, 3.05) is 24.6 Å². The fourth-order valence-corrected chi connectivity index (χ4v) is 6.61. The highest BCUT2D eigenvalue weighted by atomic mass is 32.2. The average molecular weight is 473 g/mol. The number of thiazole rings is 1. The third-order valence-electron chi connectivity index (χ3n) is 5.64. The second-order valence-electron chi connectivity index (χ2n) is 7.75. The van der Waals surface area contributed by atoms with E-state index in [4.69, 9.17) is 10.7 Å². The molecule has 2 aliphatic heterocycles. The van der Waals surface area contributed by atoms with Crippen LogP contribution in [0.4, 0.5) is 19.6 Å². The molecule has 0 aliphatic carbocycles. The number of anilines is 1. The maximum atomic E-state index is 14.8. The van der Waals surface area contributed by atoms with Gasteiger partial charge in [-0.3, -0.25) is 0 Å². The molecule has 5 rings (SSSR count). The molecule has 2 aromatic carbocycles. The van der Waals surface area contributed by atoms with Crippen molar-refractivity contribution < 1.29 is 8.78 Å². The number of aromatic nitrogens is 1. The van der Waals surface area contributed by atoms with Gasteiger partial charge in [-0.05, 0) is 24.7 Å². The van der Waals surface area contributed by atoms with E-state index in [1.807, 2.05) is 24.4 Å². The number of halogens is 2. The van der Waals surface area contributed by atoms with E-state index < -0.39 is 11.6 Å². The molecule has 3 N–H and O–H groups in total. The molecule has 1 unspecified atom stereocenters. The lowest BCUT2D eigenvalue weighted by Crippen LogP contribution is -2.53. The number of quaternary nitrogens is 1. The average Bonchev–Trinajstić information content (AvgIpc) is 3.42. The van der Waals surface area contributed by atoms with E-state index in [1.165, 1.54) is 29.0 Å². The molecule has 0 fully saturated rings. The van der Waals surface area contributed by atoms with E-state index in [0.29, 0.717) is 22.0 Å². The fraction of sp³-hybridized carbons (Fsp3) is 0.261. The van der Waals surface area contributed by atoms with Crippen LogP contribution in [0.5, 0.6) is 0 Å². The number of para-hydroxylation sites is 1. The monoisotopic (exact) mass is 472 g/mol. The summed E-state index contributed by atoms with van der Waals surface area (Å²) in [4.78, 5) is 6.85. The van der Waals surface area contributed by atoms with Gasteiger partial charge < -0.3 is 11.1 Å². The number of benzene rings is 2. The molecule has 1 aromatic heterocycles. The predicted octanol–water partition coefficient (Wildman–Crippen LogP) is 4.81. The third kappa shape index (κ3) is 3.84. The lowest BCUT2D eigenvalue weighted by molar-refractivity contribution is 0.462. The Balaban J connectivity index is 1.67. The molecule has 5 nitrogen and oxygen atoms in total. The maximum Gasteiger partial charge on any atom is 0.240 e. The molecule has 0 saturated heterocycles. The zero-order chi connectivity index (χ0) is 22.1. The first kappa shape index (κ1) is 21.5. The van der Waals surface area contributed by atoms with Gasteiger partial charge in [-0.1, -0.05) is 29.5 Å². The lowest BCUT2D eigenvalue weighted by atomic mass is 10.2. The number of hydrogen-bond acceptors (Lipinski definition) is 6. The summed E-state index contributed by atoms with van der Waals surface area (Å²) in [7, 11) is 0. The lowest BCUT2D eigenvalue weighted by Gasteiger charge is -2.37. The van der Waals surface area contributed by atoms with Crippen molar-refractivity contribution in [3.8, 4) is 0 Å². The minimum Gasteiger partial charge on any atom is -0.330 e. The molecular formula is C23H24F2N5S2+. The van der Waals surface area contributed by atoms with Crippen molar-refractivity contribution >= 4 is 39.0 Å². The Morgan fingerprint density at radius 1 is 1.16 bits per heavy atom. The normalized spacial score (nSPS) is 20.3. The largest absolute Gasteiger partial charge is 0.330 e. The van der Waals surface area contributed by atoms with Crippen LogP contribution in [0.1, 0.15) is 22.6 Å². The Bertz CT molecular complexity index is 1130. The van der Waals surface area contributed by atoms with Crippen LogP contribution in [0.15, 0.2) is 54.7 Å². The SMILES string of the molecule is NCCC[N+]1(c2ccccc2)SC(c2cc(F)ccc2F)=CN1c1nc2c(s1)CNCC2. The van der Waals surface area contributed by atoms with Gasteiger partial charge >= 0.3 is 0 Å². The summed E-state index contributed by atoms with van der Waals surface area (Å²) in [6, 6.07) is 13.7. The summed E-state index contributed by atoms with van der Waals surface area (Å²) < 4.78 is 29.1. The summed E-state index contributed by atoms with van der Waals surface area (Å²) in [5, 5.41) is 6.34. The smallest absolute Gasteiger partial charge is 0.240 e. The number of rotatable bonds is 6. The Labute approximate surface area is 194 Å². The van der Waals surface area contributed by atoms with Crippen LogP contribution in [0.3, 0.4) is 0 Å². The first-order chi connectivity index (χ1) is 15.6. The number of nitrogens with two attached hydrogens (primary N) is 1. The topological polar surface area (TPSA) is 54.2 Å². The Hall–Kier alpha value is -2.30. The van der Waals surface area contributed by atoms with Crippen molar-refractivity contribution in [2.45, 2.75) is 19.4 Å². The van der Waals surface area contributed by atoms with Crippen LogP contribution < -0.4 is 20.1 Å². The molecule has 0 saturated carbocycles. The van der Waals surface area contributed by atoms with Gasteiger partial charge in [-0.15, -0.1) is 4.00 Å². The van der Waals surface area contributed by atoms with Crippen LogP contribution in [-0.2, 0) is 13.0 Å². The number of hydrogen-bond donors (Lipinski definition) is 2. The number of fused-ring (bicyclic) bond motifs is 1. The second kappa shape index (κ2) is 8.92. The molecule has 1 atom stereocenters. The summed E-state index contributed by atoms with van der Waals surface area (Å²) in [6.07, 6.45) is 3.55. The Kier molecular flexibility index (Phi) is 6.00. The fourth-order valence-electron chi connectivity index (χ4n) is 4.07. The summed E-state index contributed by atoms with van der Waals surface area (Å²) in [6.45, 7) is 2.93. The zero-order valence-corrected chi connectivity index (χ0v) is 19.1. The minimum absolute atomic E-state index is 0.256. The van der Waals surface area contributed by atoms with E-state index in [1.54, 1.807) is 11.3 Å². The van der Waals surface area contributed by atoms with Gasteiger partial charge in [-0.25, -0.2) is 13.8 Å². The first-order valence-electron chi connectivity index (χ1n) is 10.6. The van der Waals surface area contributed by atoms with Gasteiger partial charge in [0, 0.05) is 48.5 Å². The number of nitrogens with one attached hydrogen (secondary N) is 1. The molecule has 166 valence electrons. The highest BCUT2D eigenvalue weighted by Crippen LogP contribution is 2.51. The van der Waals surface area contributed by atoms with Crippen molar-refractivity contribution in [1.29, 1.82) is 0 Å². The standard InChI is InChI=1S/C23H24F2N5S2/c24-16-7-8-19(25)18(13-16)22-15-29(23-28-20-9-11-27-14-21(20)31-23)30(32-22,12-4-10-26)17-5-2-1-3-6-17/h1-3,5-8,13,15,27H,4,9-12,14,26H2/q+1. The van der Waals surface area contributed by atoms with Crippen molar-refractivity contribution in [3.05, 3.63) is 82.5 Å². The van der Waals surface area contributed by atoms with E-state index >= 15 is 0 Å². The van der Waals surface area contributed by atoms with Gasteiger partial charge in [0.1, 0.15) is 35.0 Å². The summed E-state index contributed by atoms with van der Waals surface area (Å²) >= 11 is 3.14. The molecule has 0 bridgehead atoms. The first-order valence-corrected chi connectivity index (χ1v) is 12.2. The Morgan fingerprint density at radius 2 is 2.00 bits per heavy atom. The molecular weight excluding hydrogens is 448 g/mol. The van der Waals surface area contributed by atoms with Gasteiger partial charge in [0.05, 0.1) is 11.9 Å². The maximum absolute atomic E-state index is 14.8. The van der Waals surface area contributed by atoms with Gasteiger partial charge in [0.2, 0.25) is 5.13 Å². The molecule has 0 amide bonds. The molecule has 0 radical (unpaired) electrons. The van der Waals surface area contributed by atoms with Crippen molar-refractivity contribution in [2.24, 2.45) is 5.73 Å².